The molecule has 146 valence electrons. The topological polar surface area (TPSA) is 88.2 Å². The van der Waals surface area contributed by atoms with Crippen LogP contribution in [0.4, 0.5) is 9.52 Å². The molecule has 0 saturated heterocycles. The molecule has 0 atom stereocenters. The fraction of sp³-hybridized carbons (Fsp3) is 0.0588. The van der Waals surface area contributed by atoms with Crippen molar-refractivity contribution in [1.82, 2.24) is 10.3 Å². The summed E-state index contributed by atoms with van der Waals surface area (Å²) in [5.74, 6) is -0.953. The molecule has 0 saturated carbocycles. The van der Waals surface area contributed by atoms with E-state index >= 15 is 0 Å². The lowest BCUT2D eigenvalue weighted by Gasteiger charge is -2.08. The first kappa shape index (κ1) is 20.5. The van der Waals surface area contributed by atoms with Crippen LogP contribution in [0.2, 0.25) is 9.36 Å². The second kappa shape index (κ2) is 8.44. The highest BCUT2D eigenvalue weighted by Crippen LogP contribution is 2.25. The molecule has 11 heteroatoms. The number of hydrogen-bond acceptors (Lipinski definition) is 5. The van der Waals surface area contributed by atoms with Crippen LogP contribution in [0.3, 0.4) is 0 Å². The Balaban J connectivity index is 1.65. The summed E-state index contributed by atoms with van der Waals surface area (Å²) in [5, 5.41) is 2.77. The number of hydrogen-bond donors (Lipinski definition) is 2. The summed E-state index contributed by atoms with van der Waals surface area (Å²) >= 11 is 12.4. The van der Waals surface area contributed by atoms with E-state index in [0.29, 0.717) is 9.90 Å². The zero-order valence-corrected chi connectivity index (χ0v) is 17.1. The van der Waals surface area contributed by atoms with Crippen LogP contribution in [0.1, 0.15) is 15.9 Å². The van der Waals surface area contributed by atoms with Gasteiger partial charge in [-0.3, -0.25) is 9.52 Å². The molecule has 6 nitrogen and oxygen atoms in total. The molecule has 0 radical (unpaired) electrons. The lowest BCUT2D eigenvalue weighted by molar-refractivity contribution is 0.0951. The first-order valence-corrected chi connectivity index (χ1v) is 10.8. The number of thiazole rings is 1. The summed E-state index contributed by atoms with van der Waals surface area (Å²) in [6.45, 7) is 0.144. The van der Waals surface area contributed by atoms with Crippen molar-refractivity contribution in [2.45, 2.75) is 11.4 Å². The van der Waals surface area contributed by atoms with Gasteiger partial charge in [-0.15, -0.1) is 0 Å². The fourth-order valence-electron chi connectivity index (χ4n) is 2.19. The van der Waals surface area contributed by atoms with Gasteiger partial charge >= 0.3 is 0 Å². The van der Waals surface area contributed by atoms with Gasteiger partial charge in [-0.1, -0.05) is 40.6 Å². The van der Waals surface area contributed by atoms with Gasteiger partial charge in [0.25, 0.3) is 15.9 Å². The zero-order valence-electron chi connectivity index (χ0n) is 13.9. The first-order chi connectivity index (χ1) is 13.2. The van der Waals surface area contributed by atoms with Gasteiger partial charge in [0.15, 0.2) is 5.13 Å². The summed E-state index contributed by atoms with van der Waals surface area (Å²) in [7, 11) is -3.85. The van der Waals surface area contributed by atoms with E-state index in [-0.39, 0.29) is 27.2 Å². The van der Waals surface area contributed by atoms with E-state index in [1.165, 1.54) is 48.7 Å². The Hall–Kier alpha value is -2.20. The summed E-state index contributed by atoms with van der Waals surface area (Å²) in [6.07, 6.45) is 1.34. The van der Waals surface area contributed by atoms with E-state index < -0.39 is 21.7 Å². The number of aromatic nitrogens is 1. The number of amides is 1. The van der Waals surface area contributed by atoms with Gasteiger partial charge in [-0.2, -0.15) is 0 Å². The molecule has 0 fully saturated rings. The average molecular weight is 460 g/mol. The van der Waals surface area contributed by atoms with E-state index in [0.717, 1.165) is 11.3 Å². The van der Waals surface area contributed by atoms with E-state index in [9.17, 15) is 17.6 Å². The number of carbonyl (C=O) groups excluding carboxylic acids is 1. The number of halogens is 3. The highest BCUT2D eigenvalue weighted by molar-refractivity contribution is 7.93. The maximum Gasteiger partial charge on any atom is 0.263 e. The normalized spacial score (nSPS) is 11.2. The zero-order chi connectivity index (χ0) is 20.3. The fourth-order valence-corrected chi connectivity index (χ4v) is 4.45. The van der Waals surface area contributed by atoms with Crippen LogP contribution in [0.25, 0.3) is 0 Å². The predicted octanol–water partition coefficient (Wildman–Crippen LogP) is 4.32. The summed E-state index contributed by atoms with van der Waals surface area (Å²) in [6, 6.07) is 9.53. The highest BCUT2D eigenvalue weighted by atomic mass is 35.5. The molecule has 1 heterocycles. The van der Waals surface area contributed by atoms with E-state index in [2.05, 4.69) is 15.0 Å². The van der Waals surface area contributed by atoms with Gasteiger partial charge < -0.3 is 5.32 Å². The van der Waals surface area contributed by atoms with Crippen LogP contribution in [0.15, 0.2) is 53.6 Å². The molecule has 28 heavy (non-hydrogen) atoms. The third-order valence-corrected chi connectivity index (χ3v) is 6.37. The van der Waals surface area contributed by atoms with Gasteiger partial charge in [-0.05, 0) is 42.0 Å². The van der Waals surface area contributed by atoms with Crippen molar-refractivity contribution in [3.05, 3.63) is 75.0 Å². The van der Waals surface area contributed by atoms with Crippen LogP contribution in [-0.4, -0.2) is 19.3 Å². The number of anilines is 1. The Bertz CT molecular complexity index is 1120. The van der Waals surface area contributed by atoms with Gasteiger partial charge in [0.2, 0.25) is 0 Å². The van der Waals surface area contributed by atoms with Crippen molar-refractivity contribution in [1.29, 1.82) is 0 Å². The molecule has 0 aliphatic rings. The molecule has 0 unspecified atom stereocenters. The monoisotopic (exact) mass is 459 g/mol. The predicted molar refractivity (Wildman–Crippen MR) is 107 cm³/mol. The number of rotatable bonds is 6. The maximum atomic E-state index is 13.2. The molecule has 3 aromatic rings. The molecule has 3 rings (SSSR count). The molecule has 1 amide bonds. The standard InChI is InChI=1S/C17H12Cl2FN3O3S2/c18-13-7-10(1-6-14(13)20)8-21-16(24)11-2-4-12(5-3-11)28(25,26)23-17-22-9-15(19)27-17/h1-7,9H,8H2,(H,21,24)(H,22,23). The summed E-state index contributed by atoms with van der Waals surface area (Å²) in [4.78, 5) is 16.0. The van der Waals surface area contributed by atoms with Crippen LogP contribution >= 0.6 is 34.5 Å². The lowest BCUT2D eigenvalue weighted by Crippen LogP contribution is -2.23. The number of sulfonamides is 1. The van der Waals surface area contributed by atoms with Crippen LogP contribution in [0.5, 0.6) is 0 Å². The average Bonchev–Trinajstić information content (AvgIpc) is 3.06. The van der Waals surface area contributed by atoms with Crippen molar-refractivity contribution < 1.29 is 17.6 Å². The molecule has 0 bridgehead atoms. The second-order valence-corrected chi connectivity index (χ2v) is 9.28. The van der Waals surface area contributed by atoms with Gasteiger partial charge in [0.05, 0.1) is 16.1 Å². The number of nitrogens with zero attached hydrogens (tertiary/aromatic N) is 1. The Morgan fingerprint density at radius 1 is 1.14 bits per heavy atom. The van der Waals surface area contributed by atoms with Gasteiger partial charge in [-0.25, -0.2) is 17.8 Å². The van der Waals surface area contributed by atoms with Crippen LogP contribution in [-0.2, 0) is 16.6 Å². The molecule has 2 aromatic carbocycles. The van der Waals surface area contributed by atoms with Gasteiger partial charge in [0.1, 0.15) is 10.2 Å². The van der Waals surface area contributed by atoms with Crippen molar-refractivity contribution >= 4 is 55.6 Å². The minimum atomic E-state index is -3.85. The minimum absolute atomic E-state index is 0.0271. The SMILES string of the molecule is O=C(NCc1ccc(F)c(Cl)c1)c1ccc(S(=O)(=O)Nc2ncc(Cl)s2)cc1. The van der Waals surface area contributed by atoms with Crippen molar-refractivity contribution in [3.63, 3.8) is 0 Å². The van der Waals surface area contributed by atoms with E-state index in [4.69, 9.17) is 23.2 Å². The molecular formula is C17H12Cl2FN3O3S2. The summed E-state index contributed by atoms with van der Waals surface area (Å²) in [5.41, 5.74) is 0.898. The Kier molecular flexibility index (Phi) is 6.19. The Morgan fingerprint density at radius 2 is 1.86 bits per heavy atom. The minimum Gasteiger partial charge on any atom is -0.348 e. The van der Waals surface area contributed by atoms with Crippen molar-refractivity contribution in [2.75, 3.05) is 4.72 Å². The van der Waals surface area contributed by atoms with Crippen molar-refractivity contribution in [3.8, 4) is 0 Å². The largest absolute Gasteiger partial charge is 0.348 e. The molecule has 1 aromatic heterocycles. The quantitative estimate of drug-likeness (QED) is 0.574. The van der Waals surface area contributed by atoms with Crippen LogP contribution in [0, 0.1) is 5.82 Å². The first-order valence-electron chi connectivity index (χ1n) is 7.71. The number of nitrogens with one attached hydrogen (secondary N) is 2. The third kappa shape index (κ3) is 4.99. The molecule has 0 aliphatic heterocycles. The number of benzene rings is 2. The smallest absolute Gasteiger partial charge is 0.263 e. The Morgan fingerprint density at radius 3 is 2.46 bits per heavy atom. The van der Waals surface area contributed by atoms with Gasteiger partial charge in [0, 0.05) is 12.1 Å². The van der Waals surface area contributed by atoms with Crippen LogP contribution < -0.4 is 10.0 Å². The molecule has 2 N–H and O–H groups in total. The lowest BCUT2D eigenvalue weighted by atomic mass is 10.2. The summed E-state index contributed by atoms with van der Waals surface area (Å²) < 4.78 is 40.5. The second-order valence-electron chi connectivity index (χ2n) is 5.53. The number of carbonyl (C=O) groups is 1. The maximum absolute atomic E-state index is 13.2. The Labute approximate surface area is 174 Å². The van der Waals surface area contributed by atoms with E-state index in [1.54, 1.807) is 0 Å². The van der Waals surface area contributed by atoms with Crippen molar-refractivity contribution in [2.24, 2.45) is 0 Å². The van der Waals surface area contributed by atoms with E-state index in [1.807, 2.05) is 0 Å². The molecular weight excluding hydrogens is 448 g/mol. The highest BCUT2D eigenvalue weighted by Gasteiger charge is 2.17. The molecule has 0 spiro atoms. The molecule has 0 aliphatic carbocycles. The third-order valence-electron chi connectivity index (χ3n) is 3.56.